The summed E-state index contributed by atoms with van der Waals surface area (Å²) < 4.78 is 22.3. The van der Waals surface area contributed by atoms with E-state index < -0.39 is 5.54 Å². The van der Waals surface area contributed by atoms with E-state index in [9.17, 15) is 0 Å². The smallest absolute Gasteiger partial charge is 0.299 e. The van der Waals surface area contributed by atoms with E-state index in [1.54, 1.807) is 0 Å². The van der Waals surface area contributed by atoms with Crippen molar-refractivity contribution in [3.05, 3.63) is 132 Å². The highest BCUT2D eigenvalue weighted by atomic mass is 16.5. The van der Waals surface area contributed by atoms with Gasteiger partial charge in [0.2, 0.25) is 17.8 Å². The first-order valence-corrected chi connectivity index (χ1v) is 18.8. The van der Waals surface area contributed by atoms with Crippen LogP contribution in [0.1, 0.15) is 57.4 Å². The van der Waals surface area contributed by atoms with Crippen LogP contribution < -0.4 is 13.9 Å². The molecule has 6 heterocycles. The molecule has 1 saturated carbocycles. The molecule has 3 unspecified atom stereocenters. The predicted octanol–water partition coefficient (Wildman–Crippen LogP) is 9.99. The van der Waals surface area contributed by atoms with Gasteiger partial charge in [0.05, 0.1) is 11.1 Å². The normalized spacial score (nSPS) is 20.1. The van der Waals surface area contributed by atoms with Crippen molar-refractivity contribution in [1.82, 2.24) is 4.57 Å². The fraction of sp³-hybridized carbons (Fsp3) is 0.234. The average Bonchev–Trinajstić information content (AvgIpc) is 3.36. The van der Waals surface area contributed by atoms with Crippen LogP contribution in [0.15, 0.2) is 120 Å². The van der Waals surface area contributed by atoms with Crippen molar-refractivity contribution in [2.75, 3.05) is 0 Å². The monoisotopic (exact) mass is 677 g/mol. The third kappa shape index (κ3) is 3.32. The van der Waals surface area contributed by atoms with Crippen LogP contribution in [-0.2, 0) is 17.4 Å². The minimum atomic E-state index is -0.472. The minimum absolute atomic E-state index is 0.0142. The Morgan fingerprint density at radius 3 is 2.42 bits per heavy atom. The Hall–Kier alpha value is -5.68. The van der Waals surface area contributed by atoms with E-state index >= 15 is 0 Å². The fourth-order valence-corrected chi connectivity index (χ4v) is 10.3. The summed E-state index contributed by atoms with van der Waals surface area (Å²) in [6.07, 6.45) is 3.27. The van der Waals surface area contributed by atoms with E-state index in [2.05, 4.69) is 164 Å². The van der Waals surface area contributed by atoms with Crippen LogP contribution in [0.3, 0.4) is 0 Å². The van der Waals surface area contributed by atoms with Crippen molar-refractivity contribution in [1.29, 1.82) is 0 Å². The molecule has 0 amide bonds. The van der Waals surface area contributed by atoms with Gasteiger partial charge in [-0.25, -0.2) is 4.57 Å². The maximum Gasteiger partial charge on any atom is 0.299 e. The minimum Gasteiger partial charge on any atom is -0.476 e. The molecule has 0 saturated heterocycles. The number of rotatable bonds is 3. The molecular formula is C47H39N3O2+2. The van der Waals surface area contributed by atoms with Crippen molar-refractivity contribution >= 4 is 33.0 Å². The second kappa shape index (κ2) is 9.40. The van der Waals surface area contributed by atoms with E-state index in [0.717, 1.165) is 40.0 Å². The summed E-state index contributed by atoms with van der Waals surface area (Å²) in [5, 5.41) is 2.32. The molecule has 5 heteroatoms. The number of ether oxygens (including phenoxy) is 1. The maximum absolute atomic E-state index is 7.62. The lowest BCUT2D eigenvalue weighted by Crippen LogP contribution is -2.51. The standard InChI is InChI=1S/C47H39N3O2/c1-26(2)23-27-21-22-48-36(24-27)33-25-32-29-15-9-10-20-37(29)51-42(32)38-30-16-12-19-35-40(30)50-43-44(47(43,48)39(33)38)52-41-31(17-11-18-34(41)46(3,4)5)45(50)49(35)28-13-7-6-8-14-28/h6-22,24-26,43-44H,23H2,1-5H3/q+2. The Morgan fingerprint density at radius 2 is 1.60 bits per heavy atom. The van der Waals surface area contributed by atoms with Crippen molar-refractivity contribution < 1.29 is 18.3 Å². The van der Waals surface area contributed by atoms with Gasteiger partial charge >= 0.3 is 0 Å². The van der Waals surface area contributed by atoms with Gasteiger partial charge in [-0.2, -0.15) is 9.13 Å². The predicted molar refractivity (Wildman–Crippen MR) is 205 cm³/mol. The maximum atomic E-state index is 7.62. The lowest BCUT2D eigenvalue weighted by molar-refractivity contribution is -0.763. The van der Waals surface area contributed by atoms with Crippen molar-refractivity contribution in [2.45, 2.75) is 64.1 Å². The van der Waals surface area contributed by atoms with Gasteiger partial charge in [-0.15, -0.1) is 0 Å². The molecule has 8 aromatic rings. The Balaban J connectivity index is 1.31. The van der Waals surface area contributed by atoms with Crippen molar-refractivity contribution in [3.63, 3.8) is 0 Å². The molecule has 252 valence electrons. The zero-order valence-electron chi connectivity index (χ0n) is 30.1. The van der Waals surface area contributed by atoms with Crippen molar-refractivity contribution in [2.24, 2.45) is 5.92 Å². The van der Waals surface area contributed by atoms with Gasteiger partial charge in [0.25, 0.3) is 11.4 Å². The van der Waals surface area contributed by atoms with Gasteiger partial charge in [-0.05, 0) is 65.8 Å². The van der Waals surface area contributed by atoms with Crippen LogP contribution in [-0.4, -0.2) is 10.7 Å². The Bertz CT molecular complexity index is 2890. The number of hydrogen-bond donors (Lipinski definition) is 0. The third-order valence-corrected chi connectivity index (χ3v) is 12.3. The van der Waals surface area contributed by atoms with Gasteiger partial charge in [-0.1, -0.05) is 89.2 Å². The number of aromatic nitrogens is 3. The van der Waals surface area contributed by atoms with E-state index in [-0.39, 0.29) is 17.6 Å². The fourth-order valence-electron chi connectivity index (χ4n) is 10.3. The molecule has 0 N–H and O–H groups in total. The van der Waals surface area contributed by atoms with Gasteiger partial charge in [0, 0.05) is 39.6 Å². The van der Waals surface area contributed by atoms with Gasteiger partial charge in [0.15, 0.2) is 17.2 Å². The number of furan rings is 1. The summed E-state index contributed by atoms with van der Waals surface area (Å²) in [4.78, 5) is 0. The number of imidazole rings is 1. The van der Waals surface area contributed by atoms with Crippen LogP contribution in [0.4, 0.5) is 0 Å². The largest absolute Gasteiger partial charge is 0.476 e. The number of para-hydroxylation sites is 4. The first-order chi connectivity index (χ1) is 25.3. The number of pyridine rings is 1. The number of benzene rings is 5. The molecule has 3 aromatic heterocycles. The molecule has 12 rings (SSSR count). The van der Waals surface area contributed by atoms with E-state index in [1.807, 2.05) is 0 Å². The number of nitrogens with zero attached hydrogens (tertiary/aromatic N) is 3. The highest BCUT2D eigenvalue weighted by Crippen LogP contribution is 2.67. The molecular weight excluding hydrogens is 639 g/mol. The topological polar surface area (TPSA) is 35.1 Å². The van der Waals surface area contributed by atoms with Gasteiger partial charge in [-0.3, -0.25) is 0 Å². The molecule has 5 aromatic carbocycles. The summed E-state index contributed by atoms with van der Waals surface area (Å²) in [7, 11) is 0. The molecule has 1 fully saturated rings. The van der Waals surface area contributed by atoms with Gasteiger partial charge < -0.3 is 9.15 Å². The zero-order chi connectivity index (χ0) is 34.8. The summed E-state index contributed by atoms with van der Waals surface area (Å²) in [6.45, 7) is 11.5. The Kier molecular flexibility index (Phi) is 5.23. The summed E-state index contributed by atoms with van der Waals surface area (Å²) >= 11 is 0. The quantitative estimate of drug-likeness (QED) is 0.175. The van der Waals surface area contributed by atoms with E-state index in [4.69, 9.17) is 9.15 Å². The summed E-state index contributed by atoms with van der Waals surface area (Å²) in [6, 6.07) is 40.3. The molecule has 52 heavy (non-hydrogen) atoms. The van der Waals surface area contributed by atoms with Crippen LogP contribution in [0.2, 0.25) is 0 Å². The van der Waals surface area contributed by atoms with E-state index in [0.29, 0.717) is 5.92 Å². The zero-order valence-corrected chi connectivity index (χ0v) is 30.1. The highest BCUT2D eigenvalue weighted by Gasteiger charge is 2.87. The molecule has 4 aliphatic rings. The first kappa shape index (κ1) is 29.0. The molecule has 0 bridgehead atoms. The Labute approximate surface area is 302 Å². The van der Waals surface area contributed by atoms with Crippen molar-refractivity contribution in [3.8, 4) is 45.2 Å². The molecule has 3 atom stereocenters. The molecule has 1 spiro atoms. The second-order valence-corrected chi connectivity index (χ2v) is 16.8. The number of fused-ring (bicyclic) bond motifs is 9. The highest BCUT2D eigenvalue weighted by molar-refractivity contribution is 6.15. The SMILES string of the molecule is CC(C)Cc1cc[n+]2c(c1)-c1cc3c(oc4ccccc43)c3c1C21C2Oc4c(cccc4C(C)(C)C)-c4n(-c5ccccc5)c5cccc-3c5[n+]4C21. The van der Waals surface area contributed by atoms with Gasteiger partial charge in [0.1, 0.15) is 28.2 Å². The lowest BCUT2D eigenvalue weighted by Gasteiger charge is -2.24. The van der Waals surface area contributed by atoms with Crippen LogP contribution in [0.5, 0.6) is 5.75 Å². The average molecular weight is 678 g/mol. The third-order valence-electron chi connectivity index (χ3n) is 12.3. The van der Waals surface area contributed by atoms with Crippen LogP contribution >= 0.6 is 0 Å². The summed E-state index contributed by atoms with van der Waals surface area (Å²) in [5.41, 5.74) is 14.9. The molecule has 1 aliphatic carbocycles. The molecule has 0 radical (unpaired) electrons. The molecule has 5 nitrogen and oxygen atoms in total. The molecule has 3 aliphatic heterocycles. The summed E-state index contributed by atoms with van der Waals surface area (Å²) in [5.74, 6) is 2.72. The second-order valence-electron chi connectivity index (χ2n) is 16.8. The van der Waals surface area contributed by atoms with E-state index in [1.165, 1.54) is 61.3 Å². The lowest BCUT2D eigenvalue weighted by atomic mass is 9.85. The van der Waals surface area contributed by atoms with Crippen LogP contribution in [0.25, 0.3) is 72.4 Å². The Morgan fingerprint density at radius 1 is 0.808 bits per heavy atom. The van der Waals surface area contributed by atoms with Crippen LogP contribution in [0, 0.1) is 5.92 Å². The first-order valence-electron chi connectivity index (χ1n) is 18.8. The number of hydrogen-bond acceptors (Lipinski definition) is 2.